The Labute approximate surface area is 56.7 Å². The summed E-state index contributed by atoms with van der Waals surface area (Å²) in [6.45, 7) is -0.0794. The SMILES string of the molecule is OCc1ncn2ccoc12. The average molecular weight is 138 g/mol. The largest absolute Gasteiger partial charge is 0.445 e. The molecule has 0 amide bonds. The van der Waals surface area contributed by atoms with Crippen molar-refractivity contribution in [3.63, 3.8) is 0 Å². The smallest absolute Gasteiger partial charge is 0.228 e. The minimum absolute atomic E-state index is 0.0794. The van der Waals surface area contributed by atoms with Gasteiger partial charge in [-0.2, -0.15) is 0 Å². The molecule has 52 valence electrons. The summed E-state index contributed by atoms with van der Waals surface area (Å²) >= 11 is 0. The lowest BCUT2D eigenvalue weighted by Crippen LogP contribution is -1.80. The van der Waals surface area contributed by atoms with E-state index in [1.807, 2.05) is 0 Å². The number of rotatable bonds is 1. The third kappa shape index (κ3) is 0.563. The number of aromatic nitrogens is 2. The standard InChI is InChI=1S/C6H6N2O2/c9-3-5-6-8(4-7-5)1-2-10-6/h1-2,4,9H,3H2. The summed E-state index contributed by atoms with van der Waals surface area (Å²) in [4.78, 5) is 3.89. The van der Waals surface area contributed by atoms with Crippen molar-refractivity contribution in [1.29, 1.82) is 0 Å². The quantitative estimate of drug-likeness (QED) is 0.621. The molecule has 2 aromatic rings. The summed E-state index contributed by atoms with van der Waals surface area (Å²) in [6, 6.07) is 0. The molecule has 0 aromatic carbocycles. The van der Waals surface area contributed by atoms with Crippen LogP contribution in [0.2, 0.25) is 0 Å². The lowest BCUT2D eigenvalue weighted by atomic mass is 10.5. The molecule has 4 heteroatoms. The van der Waals surface area contributed by atoms with Gasteiger partial charge in [0.15, 0.2) is 0 Å². The summed E-state index contributed by atoms with van der Waals surface area (Å²) in [7, 11) is 0. The summed E-state index contributed by atoms with van der Waals surface area (Å²) in [5.74, 6) is 0. The van der Waals surface area contributed by atoms with Crippen molar-refractivity contribution in [1.82, 2.24) is 9.38 Å². The second-order valence-electron chi connectivity index (χ2n) is 1.96. The molecule has 0 aliphatic heterocycles. The number of aliphatic hydroxyl groups excluding tert-OH is 1. The minimum atomic E-state index is -0.0794. The molecule has 0 spiro atoms. The highest BCUT2D eigenvalue weighted by Crippen LogP contribution is 2.08. The van der Waals surface area contributed by atoms with E-state index in [1.54, 1.807) is 23.2 Å². The number of oxazole rings is 1. The Bertz CT molecular complexity index is 336. The molecule has 1 N–H and O–H groups in total. The number of nitrogens with zero attached hydrogens (tertiary/aromatic N) is 2. The van der Waals surface area contributed by atoms with Gasteiger partial charge in [0.2, 0.25) is 5.71 Å². The van der Waals surface area contributed by atoms with E-state index in [4.69, 9.17) is 9.52 Å². The van der Waals surface area contributed by atoms with Gasteiger partial charge in [-0.15, -0.1) is 0 Å². The molecular weight excluding hydrogens is 132 g/mol. The van der Waals surface area contributed by atoms with Gasteiger partial charge in [-0.25, -0.2) is 4.98 Å². The maximum absolute atomic E-state index is 8.71. The Kier molecular flexibility index (Phi) is 1.01. The lowest BCUT2D eigenvalue weighted by Gasteiger charge is -1.82. The van der Waals surface area contributed by atoms with Gasteiger partial charge < -0.3 is 9.52 Å². The van der Waals surface area contributed by atoms with E-state index in [1.165, 1.54) is 0 Å². The monoisotopic (exact) mass is 138 g/mol. The van der Waals surface area contributed by atoms with Crippen molar-refractivity contribution in [3.8, 4) is 0 Å². The van der Waals surface area contributed by atoms with E-state index in [-0.39, 0.29) is 6.61 Å². The van der Waals surface area contributed by atoms with Crippen LogP contribution in [0.4, 0.5) is 0 Å². The van der Waals surface area contributed by atoms with Gasteiger partial charge in [0.05, 0.1) is 6.61 Å². The second kappa shape index (κ2) is 1.85. The van der Waals surface area contributed by atoms with Crippen LogP contribution >= 0.6 is 0 Å². The van der Waals surface area contributed by atoms with Crippen molar-refractivity contribution in [2.24, 2.45) is 0 Å². The van der Waals surface area contributed by atoms with Crippen LogP contribution in [0.25, 0.3) is 5.71 Å². The van der Waals surface area contributed by atoms with Gasteiger partial charge in [-0.05, 0) is 0 Å². The van der Waals surface area contributed by atoms with Crippen LogP contribution in [0, 0.1) is 0 Å². The van der Waals surface area contributed by atoms with Crippen LogP contribution in [-0.2, 0) is 6.61 Å². The van der Waals surface area contributed by atoms with Crippen molar-refractivity contribution in [3.05, 3.63) is 24.5 Å². The highest BCUT2D eigenvalue weighted by atomic mass is 16.3. The van der Waals surface area contributed by atoms with Crippen LogP contribution in [0.15, 0.2) is 23.2 Å². The Hall–Kier alpha value is -1.29. The zero-order valence-corrected chi connectivity index (χ0v) is 5.19. The third-order valence-electron chi connectivity index (χ3n) is 1.37. The molecule has 0 saturated carbocycles. The molecule has 0 unspecified atom stereocenters. The van der Waals surface area contributed by atoms with E-state index >= 15 is 0 Å². The Morgan fingerprint density at radius 2 is 2.60 bits per heavy atom. The van der Waals surface area contributed by atoms with E-state index in [0.29, 0.717) is 11.4 Å². The van der Waals surface area contributed by atoms with Gasteiger partial charge in [0, 0.05) is 6.20 Å². The summed E-state index contributed by atoms with van der Waals surface area (Å²) in [5.41, 5.74) is 1.19. The average Bonchev–Trinajstić information content (AvgIpc) is 2.44. The molecule has 0 aliphatic carbocycles. The summed E-state index contributed by atoms with van der Waals surface area (Å²) in [5, 5.41) is 8.71. The fourth-order valence-corrected chi connectivity index (χ4v) is 0.893. The van der Waals surface area contributed by atoms with Crippen molar-refractivity contribution in [2.75, 3.05) is 0 Å². The molecule has 4 nitrogen and oxygen atoms in total. The summed E-state index contributed by atoms with van der Waals surface area (Å²) in [6.07, 6.45) is 4.89. The fourth-order valence-electron chi connectivity index (χ4n) is 0.893. The molecule has 2 aromatic heterocycles. The molecule has 2 heterocycles. The summed E-state index contributed by atoms with van der Waals surface area (Å²) < 4.78 is 6.73. The number of hydrogen-bond donors (Lipinski definition) is 1. The number of fused-ring (bicyclic) bond motifs is 1. The van der Waals surface area contributed by atoms with E-state index in [2.05, 4.69) is 4.98 Å². The first-order chi connectivity index (χ1) is 4.92. The van der Waals surface area contributed by atoms with Gasteiger partial charge >= 0.3 is 0 Å². The Morgan fingerprint density at radius 3 is 3.40 bits per heavy atom. The predicted molar refractivity (Wildman–Crippen MR) is 33.4 cm³/mol. The maximum Gasteiger partial charge on any atom is 0.228 e. The molecule has 2 rings (SSSR count). The maximum atomic E-state index is 8.71. The van der Waals surface area contributed by atoms with E-state index in [9.17, 15) is 0 Å². The molecule has 0 radical (unpaired) electrons. The van der Waals surface area contributed by atoms with Gasteiger partial charge in [-0.3, -0.25) is 4.40 Å². The molecule has 0 aliphatic rings. The normalized spacial score (nSPS) is 10.9. The fraction of sp³-hybridized carbons (Fsp3) is 0.167. The number of hydrogen-bond acceptors (Lipinski definition) is 3. The molecule has 10 heavy (non-hydrogen) atoms. The second-order valence-corrected chi connectivity index (χ2v) is 1.96. The minimum Gasteiger partial charge on any atom is -0.445 e. The van der Waals surface area contributed by atoms with Crippen LogP contribution < -0.4 is 0 Å². The molecular formula is C6H6N2O2. The third-order valence-corrected chi connectivity index (χ3v) is 1.37. The first kappa shape index (κ1) is 5.49. The molecule has 0 saturated heterocycles. The lowest BCUT2D eigenvalue weighted by molar-refractivity contribution is 0.277. The first-order valence-electron chi connectivity index (χ1n) is 2.91. The van der Waals surface area contributed by atoms with E-state index in [0.717, 1.165) is 0 Å². The molecule has 0 atom stereocenters. The highest BCUT2D eigenvalue weighted by Gasteiger charge is 2.03. The van der Waals surface area contributed by atoms with Crippen molar-refractivity contribution >= 4 is 5.71 Å². The zero-order chi connectivity index (χ0) is 6.97. The van der Waals surface area contributed by atoms with Gasteiger partial charge in [0.25, 0.3) is 0 Å². The predicted octanol–water partition coefficient (Wildman–Crippen LogP) is 0.420. The Balaban J connectivity index is 2.76. The van der Waals surface area contributed by atoms with Gasteiger partial charge in [0.1, 0.15) is 18.3 Å². The van der Waals surface area contributed by atoms with Gasteiger partial charge in [-0.1, -0.05) is 0 Å². The van der Waals surface area contributed by atoms with Crippen LogP contribution in [0.3, 0.4) is 0 Å². The van der Waals surface area contributed by atoms with Crippen molar-refractivity contribution < 1.29 is 9.52 Å². The topological polar surface area (TPSA) is 50.7 Å². The van der Waals surface area contributed by atoms with Crippen LogP contribution in [0.5, 0.6) is 0 Å². The first-order valence-corrected chi connectivity index (χ1v) is 2.91. The Morgan fingerprint density at radius 1 is 1.70 bits per heavy atom. The zero-order valence-electron chi connectivity index (χ0n) is 5.19. The molecule has 0 fully saturated rings. The van der Waals surface area contributed by atoms with E-state index < -0.39 is 0 Å². The molecule has 0 bridgehead atoms. The number of imidazole rings is 1. The van der Waals surface area contributed by atoms with Crippen molar-refractivity contribution in [2.45, 2.75) is 6.61 Å². The van der Waals surface area contributed by atoms with Crippen LogP contribution in [0.1, 0.15) is 5.69 Å². The van der Waals surface area contributed by atoms with Crippen LogP contribution in [-0.4, -0.2) is 14.5 Å². The highest BCUT2D eigenvalue weighted by molar-refractivity contribution is 5.39. The number of aliphatic hydroxyl groups is 1.